The predicted molar refractivity (Wildman–Crippen MR) is 89.8 cm³/mol. The highest BCUT2D eigenvalue weighted by molar-refractivity contribution is 5.90. The SMILES string of the molecule is C=C(/C=C\C(=C)[N+](=O)[O-])c1ccc2c(c1)CCC(=O)C2(OC)OC. The molecule has 1 aliphatic rings. The number of rotatable bonds is 6. The second-order valence-electron chi connectivity index (χ2n) is 5.43. The van der Waals surface area contributed by atoms with Crippen molar-refractivity contribution in [3.05, 3.63) is 76.0 Å². The van der Waals surface area contributed by atoms with Gasteiger partial charge in [-0.3, -0.25) is 14.9 Å². The number of nitro groups is 1. The third kappa shape index (κ3) is 3.06. The molecule has 0 N–H and O–H groups in total. The number of ketones is 1. The molecule has 1 aromatic carbocycles. The van der Waals surface area contributed by atoms with Gasteiger partial charge in [-0.15, -0.1) is 0 Å². The van der Waals surface area contributed by atoms with Crippen LogP contribution in [0.2, 0.25) is 0 Å². The number of Topliss-reactive ketones (excluding diaryl/α,β-unsaturated/α-hetero) is 1. The Morgan fingerprint density at radius 1 is 1.25 bits per heavy atom. The van der Waals surface area contributed by atoms with Crippen LogP contribution in [-0.4, -0.2) is 24.9 Å². The van der Waals surface area contributed by atoms with Crippen molar-refractivity contribution in [2.24, 2.45) is 0 Å². The molecule has 2 rings (SSSR count). The number of allylic oxidation sites excluding steroid dienone is 3. The maximum Gasteiger partial charge on any atom is 0.262 e. The van der Waals surface area contributed by atoms with Crippen molar-refractivity contribution in [3.8, 4) is 0 Å². The zero-order chi connectivity index (χ0) is 17.9. The summed E-state index contributed by atoms with van der Waals surface area (Å²) in [6.07, 6.45) is 3.74. The Morgan fingerprint density at radius 3 is 2.50 bits per heavy atom. The molecule has 0 saturated heterocycles. The highest BCUT2D eigenvalue weighted by atomic mass is 16.7. The topological polar surface area (TPSA) is 78.7 Å². The Morgan fingerprint density at radius 2 is 1.92 bits per heavy atom. The van der Waals surface area contributed by atoms with Crippen LogP contribution in [0.3, 0.4) is 0 Å². The first-order valence-corrected chi connectivity index (χ1v) is 7.33. The van der Waals surface area contributed by atoms with Crippen LogP contribution in [0, 0.1) is 10.1 Å². The molecule has 0 saturated carbocycles. The van der Waals surface area contributed by atoms with Crippen LogP contribution in [-0.2, 0) is 26.5 Å². The van der Waals surface area contributed by atoms with Crippen molar-refractivity contribution in [1.29, 1.82) is 0 Å². The summed E-state index contributed by atoms with van der Waals surface area (Å²) in [5.74, 6) is -1.49. The quantitative estimate of drug-likeness (QED) is 0.347. The first kappa shape index (κ1) is 17.8. The fourth-order valence-corrected chi connectivity index (χ4v) is 2.77. The molecule has 0 amide bonds. The normalized spacial score (nSPS) is 16.0. The van der Waals surface area contributed by atoms with E-state index in [0.717, 1.165) is 11.1 Å². The Balaban J connectivity index is 2.36. The van der Waals surface area contributed by atoms with Crippen molar-refractivity contribution in [1.82, 2.24) is 0 Å². The fourth-order valence-electron chi connectivity index (χ4n) is 2.77. The second-order valence-corrected chi connectivity index (χ2v) is 5.43. The Bertz CT molecular complexity index is 744. The summed E-state index contributed by atoms with van der Waals surface area (Å²) in [5.41, 5.74) is 2.81. The molecule has 0 fully saturated rings. The molecule has 0 unspecified atom stereocenters. The van der Waals surface area contributed by atoms with Gasteiger partial charge in [0.25, 0.3) is 11.5 Å². The average Bonchev–Trinajstić information content (AvgIpc) is 2.59. The van der Waals surface area contributed by atoms with E-state index < -0.39 is 10.7 Å². The number of benzene rings is 1. The summed E-state index contributed by atoms with van der Waals surface area (Å²) in [6, 6.07) is 5.46. The Labute approximate surface area is 140 Å². The van der Waals surface area contributed by atoms with E-state index in [1.54, 1.807) is 18.2 Å². The van der Waals surface area contributed by atoms with Crippen molar-refractivity contribution in [2.45, 2.75) is 18.6 Å². The van der Waals surface area contributed by atoms with Crippen LogP contribution in [0.25, 0.3) is 5.57 Å². The molecule has 126 valence electrons. The van der Waals surface area contributed by atoms with Gasteiger partial charge in [0.1, 0.15) is 0 Å². The largest absolute Gasteiger partial charge is 0.343 e. The summed E-state index contributed by atoms with van der Waals surface area (Å²) in [5, 5.41) is 10.6. The summed E-state index contributed by atoms with van der Waals surface area (Å²) >= 11 is 0. The summed E-state index contributed by atoms with van der Waals surface area (Å²) in [7, 11) is 2.88. The van der Waals surface area contributed by atoms with Gasteiger partial charge in [-0.1, -0.05) is 24.8 Å². The second kappa shape index (κ2) is 6.90. The molecular formula is C18H19NO5. The van der Waals surface area contributed by atoms with Gasteiger partial charge in [-0.2, -0.15) is 0 Å². The van der Waals surface area contributed by atoms with Crippen molar-refractivity contribution in [3.63, 3.8) is 0 Å². The van der Waals surface area contributed by atoms with Crippen LogP contribution in [0.5, 0.6) is 0 Å². The van der Waals surface area contributed by atoms with E-state index in [1.165, 1.54) is 20.3 Å². The van der Waals surface area contributed by atoms with Gasteiger partial charge in [0.15, 0.2) is 5.78 Å². The lowest BCUT2D eigenvalue weighted by molar-refractivity contribution is -0.418. The van der Waals surface area contributed by atoms with E-state index in [0.29, 0.717) is 24.0 Å². The van der Waals surface area contributed by atoms with Gasteiger partial charge < -0.3 is 9.47 Å². The summed E-state index contributed by atoms with van der Waals surface area (Å²) in [4.78, 5) is 22.3. The molecule has 1 aromatic rings. The van der Waals surface area contributed by atoms with E-state index in [9.17, 15) is 14.9 Å². The molecule has 0 heterocycles. The number of nitrogens with zero attached hydrogens (tertiary/aromatic N) is 1. The van der Waals surface area contributed by atoms with Crippen LogP contribution >= 0.6 is 0 Å². The van der Waals surface area contributed by atoms with Crippen molar-refractivity contribution < 1.29 is 19.2 Å². The lowest BCUT2D eigenvalue weighted by Crippen LogP contribution is -2.43. The monoisotopic (exact) mass is 329 g/mol. The molecule has 0 radical (unpaired) electrons. The lowest BCUT2D eigenvalue weighted by atomic mass is 9.83. The zero-order valence-electron chi connectivity index (χ0n) is 13.7. The van der Waals surface area contributed by atoms with Gasteiger partial charge in [-0.05, 0) is 35.8 Å². The number of aryl methyl sites for hydroxylation is 1. The number of carbonyl (C=O) groups excluding carboxylic acids is 1. The van der Waals surface area contributed by atoms with Gasteiger partial charge >= 0.3 is 0 Å². The number of hydrogen-bond donors (Lipinski definition) is 0. The van der Waals surface area contributed by atoms with Gasteiger partial charge in [0.05, 0.1) is 4.92 Å². The Kier molecular flexibility index (Phi) is 5.11. The lowest BCUT2D eigenvalue weighted by Gasteiger charge is -2.35. The zero-order valence-corrected chi connectivity index (χ0v) is 13.7. The van der Waals surface area contributed by atoms with Crippen LogP contribution < -0.4 is 0 Å². The maximum absolute atomic E-state index is 12.2. The number of carbonyl (C=O) groups is 1. The molecular weight excluding hydrogens is 310 g/mol. The first-order chi connectivity index (χ1) is 11.4. The molecule has 0 spiro atoms. The molecule has 6 heteroatoms. The van der Waals surface area contributed by atoms with Gasteiger partial charge in [0, 0.05) is 32.3 Å². The highest BCUT2D eigenvalue weighted by Gasteiger charge is 2.44. The minimum atomic E-state index is -1.37. The highest BCUT2D eigenvalue weighted by Crippen LogP contribution is 2.37. The van der Waals surface area contributed by atoms with Crippen molar-refractivity contribution in [2.75, 3.05) is 14.2 Å². The third-order valence-corrected chi connectivity index (χ3v) is 4.11. The summed E-state index contributed by atoms with van der Waals surface area (Å²) < 4.78 is 10.8. The van der Waals surface area contributed by atoms with Gasteiger partial charge in [0.2, 0.25) is 0 Å². The van der Waals surface area contributed by atoms with E-state index in [2.05, 4.69) is 13.2 Å². The number of methoxy groups -OCH3 is 2. The van der Waals surface area contributed by atoms with Crippen LogP contribution in [0.15, 0.2) is 49.2 Å². The molecule has 24 heavy (non-hydrogen) atoms. The minimum absolute atomic E-state index is 0.117. The number of fused-ring (bicyclic) bond motifs is 1. The molecule has 0 aromatic heterocycles. The standard InChI is InChI=1S/C18H19NO5/c1-12(5-6-13(2)19(21)22)14-7-9-16-15(11-14)8-10-17(20)18(16,23-3)24-4/h5-7,9,11H,1-2,8,10H2,3-4H3/b6-5-. The van der Waals surface area contributed by atoms with Crippen LogP contribution in [0.1, 0.15) is 23.1 Å². The molecule has 0 aliphatic heterocycles. The molecule has 1 aliphatic carbocycles. The predicted octanol–water partition coefficient (Wildman–Crippen LogP) is 3.01. The number of ether oxygens (including phenoxy) is 2. The third-order valence-electron chi connectivity index (χ3n) is 4.11. The van der Waals surface area contributed by atoms with E-state index in [-0.39, 0.29) is 11.5 Å². The van der Waals surface area contributed by atoms with E-state index in [1.807, 2.05) is 6.07 Å². The van der Waals surface area contributed by atoms with Crippen molar-refractivity contribution >= 4 is 11.4 Å². The average molecular weight is 329 g/mol. The smallest absolute Gasteiger partial charge is 0.262 e. The summed E-state index contributed by atoms with van der Waals surface area (Å²) in [6.45, 7) is 7.26. The van der Waals surface area contributed by atoms with E-state index >= 15 is 0 Å². The Hall–Kier alpha value is -2.57. The van der Waals surface area contributed by atoms with Crippen LogP contribution in [0.4, 0.5) is 0 Å². The van der Waals surface area contributed by atoms with E-state index in [4.69, 9.17) is 9.47 Å². The molecule has 6 nitrogen and oxygen atoms in total. The molecule has 0 atom stereocenters. The first-order valence-electron chi connectivity index (χ1n) is 7.33. The minimum Gasteiger partial charge on any atom is -0.343 e. The molecule has 0 bridgehead atoms. The van der Waals surface area contributed by atoms with Gasteiger partial charge in [-0.25, -0.2) is 0 Å². The number of hydrogen-bond acceptors (Lipinski definition) is 5. The fraction of sp³-hybridized carbons (Fsp3) is 0.278. The maximum atomic E-state index is 12.2.